The van der Waals surface area contributed by atoms with Gasteiger partial charge in [-0.25, -0.2) is 18.2 Å². The molecule has 0 saturated carbocycles. The fraction of sp³-hybridized carbons (Fsp3) is 0.263. The Balaban J connectivity index is 0.00000102. The van der Waals surface area contributed by atoms with Crippen LogP contribution in [0.1, 0.15) is 13.8 Å². The van der Waals surface area contributed by atoms with Gasteiger partial charge < -0.3 is 13.9 Å². The van der Waals surface area contributed by atoms with E-state index < -0.39 is 15.5 Å². The quantitative estimate of drug-likeness (QED) is 0.664. The highest BCUT2D eigenvalue weighted by molar-refractivity contribution is 7.90. The fourth-order valence-corrected chi connectivity index (χ4v) is 3.57. The number of nitrogens with zero attached hydrogens (tertiary/aromatic N) is 1. The van der Waals surface area contributed by atoms with Crippen molar-refractivity contribution in [1.29, 1.82) is 0 Å². The molecule has 2 heterocycles. The zero-order valence-electron chi connectivity index (χ0n) is 15.2. The smallest absolute Gasteiger partial charge is 0.347 e. The van der Waals surface area contributed by atoms with Gasteiger partial charge >= 0.3 is 5.63 Å². The molecule has 7 nitrogen and oxygen atoms in total. The summed E-state index contributed by atoms with van der Waals surface area (Å²) in [6.07, 6.45) is 1.09. The van der Waals surface area contributed by atoms with Crippen LogP contribution in [0.4, 0.5) is 0 Å². The molecule has 3 aromatic rings. The Morgan fingerprint density at radius 3 is 2.30 bits per heavy atom. The van der Waals surface area contributed by atoms with Crippen LogP contribution in [0.3, 0.4) is 0 Å². The Bertz CT molecular complexity index is 1150. The van der Waals surface area contributed by atoms with E-state index >= 15 is 0 Å². The predicted molar refractivity (Wildman–Crippen MR) is 101 cm³/mol. The van der Waals surface area contributed by atoms with Crippen LogP contribution in [-0.4, -0.2) is 32.9 Å². The van der Waals surface area contributed by atoms with Crippen molar-refractivity contribution in [3.05, 3.63) is 46.8 Å². The second-order valence-electron chi connectivity index (χ2n) is 5.59. The lowest BCUT2D eigenvalue weighted by Crippen LogP contribution is -2.16. The summed E-state index contributed by atoms with van der Waals surface area (Å²) in [6.45, 7) is 4.81. The molecular weight excluding hydrogens is 370 g/mol. The zero-order valence-corrected chi connectivity index (χ0v) is 16.0. The van der Waals surface area contributed by atoms with E-state index in [1.54, 1.807) is 24.3 Å². The molecule has 0 amide bonds. The van der Waals surface area contributed by atoms with E-state index in [1.165, 1.54) is 12.1 Å². The van der Waals surface area contributed by atoms with Gasteiger partial charge in [-0.3, -0.25) is 0 Å². The zero-order chi connectivity index (χ0) is 19.6. The Morgan fingerprint density at radius 2 is 1.63 bits per heavy atom. The Hall–Kier alpha value is -2.87. The van der Waals surface area contributed by atoms with Gasteiger partial charge in [0.25, 0.3) is 0 Å². The molecule has 0 radical (unpaired) electrons. The van der Waals surface area contributed by atoms with Gasteiger partial charge in [0.05, 0.1) is 21.4 Å². The molecule has 1 aromatic heterocycles. The minimum Gasteiger partial charge on any atom is -0.486 e. The van der Waals surface area contributed by atoms with Gasteiger partial charge in [0.1, 0.15) is 13.2 Å². The topological polar surface area (TPSA) is 95.7 Å². The predicted octanol–water partition coefficient (Wildman–Crippen LogP) is 3.06. The minimum atomic E-state index is -3.51. The van der Waals surface area contributed by atoms with Gasteiger partial charge in [0.15, 0.2) is 21.3 Å². The molecule has 1 aliphatic heterocycles. The molecule has 0 N–H and O–H groups in total. The van der Waals surface area contributed by atoms with Crippen molar-refractivity contribution in [1.82, 2.24) is 4.98 Å². The second kappa shape index (κ2) is 7.40. The summed E-state index contributed by atoms with van der Waals surface area (Å²) in [7, 11) is -3.51. The number of hydrogen-bond acceptors (Lipinski definition) is 7. The van der Waals surface area contributed by atoms with Gasteiger partial charge in [-0.1, -0.05) is 26.0 Å². The van der Waals surface area contributed by atoms with Crippen molar-refractivity contribution in [2.75, 3.05) is 19.5 Å². The van der Waals surface area contributed by atoms with E-state index in [-0.39, 0.29) is 21.7 Å². The van der Waals surface area contributed by atoms with Gasteiger partial charge in [-0.2, -0.15) is 0 Å². The van der Waals surface area contributed by atoms with Crippen LogP contribution in [0.5, 0.6) is 11.5 Å². The third-order valence-electron chi connectivity index (χ3n) is 3.81. The first-order valence-electron chi connectivity index (χ1n) is 8.47. The van der Waals surface area contributed by atoms with Crippen LogP contribution in [0.25, 0.3) is 22.4 Å². The number of ether oxygens (including phenoxy) is 2. The summed E-state index contributed by atoms with van der Waals surface area (Å²) in [5, 5.41) is 0.241. The number of aromatic nitrogens is 1. The summed E-state index contributed by atoms with van der Waals surface area (Å²) < 4.78 is 40.2. The lowest BCUT2D eigenvalue weighted by Gasteiger charge is -2.18. The molecule has 142 valence electrons. The monoisotopic (exact) mass is 389 g/mol. The molecule has 27 heavy (non-hydrogen) atoms. The normalized spacial score (nSPS) is 13.0. The molecule has 0 fully saturated rings. The summed E-state index contributed by atoms with van der Waals surface area (Å²) in [5.41, 5.74) is -0.0435. The van der Waals surface area contributed by atoms with Gasteiger partial charge in [0, 0.05) is 18.4 Å². The summed E-state index contributed by atoms with van der Waals surface area (Å²) in [4.78, 5) is 16.7. The first-order valence-corrected chi connectivity index (χ1v) is 10.4. The molecule has 0 aliphatic carbocycles. The number of sulfone groups is 1. The lowest BCUT2D eigenvalue weighted by molar-refractivity contribution is 0.172. The van der Waals surface area contributed by atoms with Gasteiger partial charge in [0.2, 0.25) is 5.89 Å². The molecule has 0 unspecified atom stereocenters. The molecule has 2 aromatic carbocycles. The highest BCUT2D eigenvalue weighted by Gasteiger charge is 2.20. The molecule has 0 spiro atoms. The average Bonchev–Trinajstić information content (AvgIpc) is 2.67. The van der Waals surface area contributed by atoms with Gasteiger partial charge in [-0.05, 0) is 12.1 Å². The summed E-state index contributed by atoms with van der Waals surface area (Å²) >= 11 is 0. The van der Waals surface area contributed by atoms with Crippen LogP contribution in [0.15, 0.2) is 50.5 Å². The third kappa shape index (κ3) is 3.66. The number of fused-ring (bicyclic) bond motifs is 2. The van der Waals surface area contributed by atoms with Crippen molar-refractivity contribution in [3.63, 3.8) is 0 Å². The molecular formula is C19H19NO6S. The van der Waals surface area contributed by atoms with Crippen molar-refractivity contribution in [2.24, 2.45) is 0 Å². The van der Waals surface area contributed by atoms with E-state index in [1.807, 2.05) is 13.8 Å². The van der Waals surface area contributed by atoms with Crippen LogP contribution >= 0.6 is 0 Å². The van der Waals surface area contributed by atoms with E-state index in [4.69, 9.17) is 13.9 Å². The molecule has 0 saturated heterocycles. The molecule has 0 bridgehead atoms. The Morgan fingerprint density at radius 1 is 1.00 bits per heavy atom. The van der Waals surface area contributed by atoms with E-state index in [0.717, 1.165) is 6.26 Å². The first-order chi connectivity index (χ1) is 12.9. The number of rotatable bonds is 2. The maximum Gasteiger partial charge on any atom is 0.347 e. The van der Waals surface area contributed by atoms with Gasteiger partial charge in [-0.15, -0.1) is 0 Å². The van der Waals surface area contributed by atoms with E-state index in [2.05, 4.69) is 4.98 Å². The third-order valence-corrected chi connectivity index (χ3v) is 4.96. The van der Waals surface area contributed by atoms with Crippen LogP contribution < -0.4 is 15.1 Å². The highest BCUT2D eigenvalue weighted by Crippen LogP contribution is 2.34. The van der Waals surface area contributed by atoms with Crippen molar-refractivity contribution in [3.8, 4) is 23.0 Å². The molecule has 8 heteroatoms. The average molecular weight is 389 g/mol. The first kappa shape index (κ1) is 18.9. The minimum absolute atomic E-state index is 0.0440. The lowest BCUT2D eigenvalue weighted by atomic mass is 10.2. The fourth-order valence-electron chi connectivity index (χ4n) is 2.69. The largest absolute Gasteiger partial charge is 0.486 e. The maximum atomic E-state index is 12.4. The molecule has 4 rings (SSSR count). The standard InChI is InChI=1S/C17H13NO6S.C2H6/c1-25(20,21)15-5-3-2-4-10(15)16-18-12-9-14-13(22-6-7-23-14)8-11(12)17(19)24-16;1-2/h2-5,8-9H,6-7H2,1H3;1-2H3. The molecule has 0 atom stereocenters. The Labute approximate surface area is 156 Å². The van der Waals surface area contributed by atoms with Crippen molar-refractivity contribution >= 4 is 20.7 Å². The maximum absolute atomic E-state index is 12.4. The SMILES string of the molecule is CC.CS(=O)(=O)c1ccccc1-c1nc2cc3c(cc2c(=O)o1)OCCO3. The van der Waals surface area contributed by atoms with Crippen LogP contribution in [-0.2, 0) is 9.84 Å². The van der Waals surface area contributed by atoms with E-state index in [9.17, 15) is 13.2 Å². The molecule has 1 aliphatic rings. The number of hydrogen-bond donors (Lipinski definition) is 0. The summed E-state index contributed by atoms with van der Waals surface area (Å²) in [5.74, 6) is 0.881. The van der Waals surface area contributed by atoms with E-state index in [0.29, 0.717) is 30.2 Å². The van der Waals surface area contributed by atoms with Crippen molar-refractivity contribution < 1.29 is 22.3 Å². The highest BCUT2D eigenvalue weighted by atomic mass is 32.2. The van der Waals surface area contributed by atoms with Crippen LogP contribution in [0, 0.1) is 0 Å². The van der Waals surface area contributed by atoms with Crippen LogP contribution in [0.2, 0.25) is 0 Å². The Kier molecular flexibility index (Phi) is 5.18. The van der Waals surface area contributed by atoms with Crippen molar-refractivity contribution in [2.45, 2.75) is 18.7 Å². The summed E-state index contributed by atoms with van der Waals surface area (Å²) in [6, 6.07) is 9.36. The number of benzene rings is 2. The second-order valence-corrected chi connectivity index (χ2v) is 7.57.